The van der Waals surface area contributed by atoms with Gasteiger partial charge in [-0.3, -0.25) is 14.9 Å². The van der Waals surface area contributed by atoms with Crippen LogP contribution in [-0.2, 0) is 13.0 Å². The maximum atomic E-state index is 14.6. The Morgan fingerprint density at radius 2 is 1.88 bits per heavy atom. The van der Waals surface area contributed by atoms with Crippen molar-refractivity contribution >= 4 is 5.91 Å². The molecule has 2 fully saturated rings. The van der Waals surface area contributed by atoms with E-state index in [1.807, 2.05) is 0 Å². The van der Waals surface area contributed by atoms with Crippen molar-refractivity contribution in [3.8, 4) is 0 Å². The van der Waals surface area contributed by atoms with Gasteiger partial charge in [-0.05, 0) is 68.1 Å². The summed E-state index contributed by atoms with van der Waals surface area (Å²) >= 11 is 0. The van der Waals surface area contributed by atoms with Crippen LogP contribution in [-0.4, -0.2) is 28.6 Å². The van der Waals surface area contributed by atoms with Crippen molar-refractivity contribution in [1.29, 1.82) is 0 Å². The Bertz CT molecular complexity index is 675. The Kier molecular flexibility index (Phi) is 5.02. The predicted octanol–water partition coefficient (Wildman–Crippen LogP) is 4.20. The maximum Gasteiger partial charge on any atom is 0.274 e. The van der Waals surface area contributed by atoms with Crippen LogP contribution in [0.15, 0.2) is 12.1 Å². The molecule has 142 valence electrons. The Morgan fingerprint density at radius 3 is 2.58 bits per heavy atom. The molecule has 2 aliphatic carbocycles. The van der Waals surface area contributed by atoms with Crippen molar-refractivity contribution in [3.05, 3.63) is 34.6 Å². The number of rotatable bonds is 2. The third-order valence-electron chi connectivity index (χ3n) is 7.13. The zero-order valence-corrected chi connectivity index (χ0v) is 15.4. The minimum atomic E-state index is -0.654. The summed E-state index contributed by atoms with van der Waals surface area (Å²) in [5, 5.41) is 8.77. The lowest BCUT2D eigenvalue weighted by Crippen LogP contribution is -2.44. The van der Waals surface area contributed by atoms with Crippen LogP contribution in [0, 0.1) is 11.2 Å². The van der Waals surface area contributed by atoms with Gasteiger partial charge in [-0.2, -0.15) is 0 Å². The molecular weight excluding hydrogens is 331 g/mol. The summed E-state index contributed by atoms with van der Waals surface area (Å²) < 4.78 is 14.6. The minimum absolute atomic E-state index is 0.189. The highest BCUT2D eigenvalue weighted by atomic mass is 19.1. The number of halogens is 1. The molecule has 0 bridgehead atoms. The average molecular weight is 360 g/mol. The second kappa shape index (κ2) is 7.28. The van der Waals surface area contributed by atoms with E-state index >= 15 is 0 Å². The fourth-order valence-electron chi connectivity index (χ4n) is 5.53. The topological polar surface area (TPSA) is 52.6 Å². The number of nitrogens with one attached hydrogen (secondary N) is 1. The van der Waals surface area contributed by atoms with Gasteiger partial charge in [0.25, 0.3) is 5.91 Å². The highest BCUT2D eigenvalue weighted by Crippen LogP contribution is 2.48. The summed E-state index contributed by atoms with van der Waals surface area (Å²) in [6.45, 7) is 1.56. The van der Waals surface area contributed by atoms with Gasteiger partial charge in [0.05, 0.1) is 0 Å². The van der Waals surface area contributed by atoms with E-state index in [0.717, 1.165) is 24.1 Å². The number of hydrogen-bond donors (Lipinski definition) is 2. The molecule has 0 atom stereocenters. The molecule has 26 heavy (non-hydrogen) atoms. The molecular formula is C21H29FN2O2. The van der Waals surface area contributed by atoms with E-state index in [-0.39, 0.29) is 11.4 Å². The zero-order chi connectivity index (χ0) is 18.1. The molecule has 0 aromatic heterocycles. The van der Waals surface area contributed by atoms with E-state index in [1.165, 1.54) is 63.9 Å². The highest BCUT2D eigenvalue weighted by molar-refractivity contribution is 5.93. The SMILES string of the molecule is O=C(NO)c1cc(F)c2c(c1)CCN(C1CCC3(CCCCC3)CC1)C2. The number of carbonyl (C=O) groups excluding carboxylic acids is 1. The van der Waals surface area contributed by atoms with Crippen LogP contribution in [0.5, 0.6) is 0 Å². The molecule has 2 saturated carbocycles. The van der Waals surface area contributed by atoms with Crippen LogP contribution >= 0.6 is 0 Å². The quantitative estimate of drug-likeness (QED) is 0.614. The zero-order valence-electron chi connectivity index (χ0n) is 15.4. The molecule has 1 aromatic carbocycles. The Morgan fingerprint density at radius 1 is 1.15 bits per heavy atom. The molecule has 4 nitrogen and oxygen atoms in total. The monoisotopic (exact) mass is 360 g/mol. The first kappa shape index (κ1) is 17.9. The minimum Gasteiger partial charge on any atom is -0.296 e. The summed E-state index contributed by atoms with van der Waals surface area (Å²) in [6, 6.07) is 3.53. The van der Waals surface area contributed by atoms with Gasteiger partial charge in [0.1, 0.15) is 5.82 Å². The third kappa shape index (κ3) is 3.39. The van der Waals surface area contributed by atoms with Gasteiger partial charge >= 0.3 is 0 Å². The first-order chi connectivity index (χ1) is 12.6. The fourth-order valence-corrected chi connectivity index (χ4v) is 5.53. The van der Waals surface area contributed by atoms with Gasteiger partial charge in [0.2, 0.25) is 0 Å². The summed E-state index contributed by atoms with van der Waals surface area (Å²) in [4.78, 5) is 14.0. The number of benzene rings is 1. The van der Waals surface area contributed by atoms with Gasteiger partial charge in [0.15, 0.2) is 0 Å². The van der Waals surface area contributed by atoms with Crippen LogP contribution in [0.1, 0.15) is 79.3 Å². The summed E-state index contributed by atoms with van der Waals surface area (Å²) in [5.41, 5.74) is 4.02. The molecule has 0 unspecified atom stereocenters. The summed E-state index contributed by atoms with van der Waals surface area (Å²) in [7, 11) is 0. The molecule has 1 aliphatic heterocycles. The van der Waals surface area contributed by atoms with Gasteiger partial charge in [-0.25, -0.2) is 9.87 Å². The third-order valence-corrected chi connectivity index (χ3v) is 7.13. The predicted molar refractivity (Wildman–Crippen MR) is 97.5 cm³/mol. The Hall–Kier alpha value is -1.46. The van der Waals surface area contributed by atoms with E-state index in [0.29, 0.717) is 18.0 Å². The normalized spacial score (nSPS) is 23.6. The van der Waals surface area contributed by atoms with Gasteiger partial charge in [-0.1, -0.05) is 19.3 Å². The lowest BCUT2D eigenvalue weighted by Gasteiger charge is -2.46. The van der Waals surface area contributed by atoms with Crippen LogP contribution in [0.3, 0.4) is 0 Å². The number of hydrogen-bond acceptors (Lipinski definition) is 3. The molecule has 5 heteroatoms. The van der Waals surface area contributed by atoms with Gasteiger partial charge < -0.3 is 0 Å². The number of fused-ring (bicyclic) bond motifs is 1. The van der Waals surface area contributed by atoms with Crippen molar-refractivity contribution < 1.29 is 14.4 Å². The van der Waals surface area contributed by atoms with Crippen molar-refractivity contribution in [3.63, 3.8) is 0 Å². The van der Waals surface area contributed by atoms with Crippen molar-refractivity contribution in [2.45, 2.75) is 76.8 Å². The standard InChI is InChI=1S/C21H29FN2O2/c22-19-13-16(20(25)23-26)12-15-6-11-24(14-18(15)19)17-4-9-21(10-5-17)7-2-1-3-8-21/h12-13,17,26H,1-11,14H2,(H,23,25). The molecule has 1 amide bonds. The summed E-state index contributed by atoms with van der Waals surface area (Å²) in [6.07, 6.45) is 12.9. The lowest BCUT2D eigenvalue weighted by molar-refractivity contribution is 0.0538. The van der Waals surface area contributed by atoms with E-state index < -0.39 is 5.91 Å². The Balaban J connectivity index is 1.43. The highest BCUT2D eigenvalue weighted by Gasteiger charge is 2.38. The largest absolute Gasteiger partial charge is 0.296 e. The average Bonchev–Trinajstić information content (AvgIpc) is 2.68. The van der Waals surface area contributed by atoms with Crippen LogP contribution in [0.4, 0.5) is 4.39 Å². The smallest absolute Gasteiger partial charge is 0.274 e. The van der Waals surface area contributed by atoms with E-state index in [4.69, 9.17) is 5.21 Å². The molecule has 0 saturated heterocycles. The number of carbonyl (C=O) groups is 1. The second-order valence-corrected chi connectivity index (χ2v) is 8.55. The Labute approximate surface area is 154 Å². The number of nitrogens with zero attached hydrogens (tertiary/aromatic N) is 1. The van der Waals surface area contributed by atoms with Gasteiger partial charge in [0, 0.05) is 30.3 Å². The van der Waals surface area contributed by atoms with Crippen LogP contribution in [0.25, 0.3) is 0 Å². The molecule has 2 N–H and O–H groups in total. The lowest BCUT2D eigenvalue weighted by atomic mass is 9.64. The first-order valence-corrected chi connectivity index (χ1v) is 10.1. The van der Waals surface area contributed by atoms with Crippen LogP contribution in [0.2, 0.25) is 0 Å². The van der Waals surface area contributed by atoms with Gasteiger partial charge in [-0.15, -0.1) is 0 Å². The van der Waals surface area contributed by atoms with Crippen molar-refractivity contribution in [2.24, 2.45) is 5.41 Å². The second-order valence-electron chi connectivity index (χ2n) is 8.55. The molecule has 4 rings (SSSR count). The maximum absolute atomic E-state index is 14.6. The van der Waals surface area contributed by atoms with E-state index in [2.05, 4.69) is 4.90 Å². The number of hydroxylamine groups is 1. The molecule has 1 spiro atoms. The fraction of sp³-hybridized carbons (Fsp3) is 0.667. The first-order valence-electron chi connectivity index (χ1n) is 10.1. The number of amides is 1. The molecule has 1 aromatic rings. The summed E-state index contributed by atoms with van der Waals surface area (Å²) in [5.74, 6) is -0.982. The van der Waals surface area contributed by atoms with Crippen LogP contribution < -0.4 is 5.48 Å². The van der Waals surface area contributed by atoms with E-state index in [1.54, 1.807) is 11.5 Å². The van der Waals surface area contributed by atoms with E-state index in [9.17, 15) is 9.18 Å². The van der Waals surface area contributed by atoms with Crippen molar-refractivity contribution in [1.82, 2.24) is 10.4 Å². The molecule has 1 heterocycles. The molecule has 0 radical (unpaired) electrons. The van der Waals surface area contributed by atoms with Crippen molar-refractivity contribution in [2.75, 3.05) is 6.54 Å². The molecule has 3 aliphatic rings.